The molecule has 2 N–H and O–H groups in total. The third-order valence-electron chi connectivity index (χ3n) is 5.64. The maximum absolute atomic E-state index is 14.2. The molecule has 8 heteroatoms. The molecule has 1 aliphatic heterocycles. The Morgan fingerprint density at radius 1 is 1.18 bits per heavy atom. The van der Waals surface area contributed by atoms with E-state index >= 15 is 0 Å². The summed E-state index contributed by atoms with van der Waals surface area (Å²) in [6.45, 7) is 3.94. The van der Waals surface area contributed by atoms with Crippen molar-refractivity contribution in [3.63, 3.8) is 0 Å². The van der Waals surface area contributed by atoms with Crippen molar-refractivity contribution in [3.05, 3.63) is 35.4 Å². The average Bonchev–Trinajstić information content (AvgIpc) is 3.04. The van der Waals surface area contributed by atoms with Gasteiger partial charge in [0.25, 0.3) is 5.91 Å². The molecule has 0 aromatic heterocycles. The normalized spacial score (nSPS) is 23.7. The minimum Gasteiger partial charge on any atom is -0.353 e. The molecule has 3 atom stereocenters. The lowest BCUT2D eigenvalue weighted by molar-refractivity contribution is -0.125. The van der Waals surface area contributed by atoms with Crippen molar-refractivity contribution in [1.29, 1.82) is 0 Å². The number of carbonyl (C=O) groups excluding carboxylic acids is 2. The molecule has 3 unspecified atom stereocenters. The summed E-state index contributed by atoms with van der Waals surface area (Å²) in [6, 6.07) is 2.31. The molecule has 2 fully saturated rings. The highest BCUT2D eigenvalue weighted by molar-refractivity contribution is 5.98. The zero-order valence-electron chi connectivity index (χ0n) is 16.0. The summed E-state index contributed by atoms with van der Waals surface area (Å²) < 4.78 is 27.4. The minimum absolute atomic E-state index is 0. The van der Waals surface area contributed by atoms with E-state index in [9.17, 15) is 18.4 Å². The predicted octanol–water partition coefficient (Wildman–Crippen LogP) is 2.89. The van der Waals surface area contributed by atoms with Gasteiger partial charge in [0.05, 0.1) is 5.56 Å². The van der Waals surface area contributed by atoms with Crippen LogP contribution in [0.15, 0.2) is 18.2 Å². The summed E-state index contributed by atoms with van der Waals surface area (Å²) in [4.78, 5) is 27.4. The average molecular weight is 416 g/mol. The minimum atomic E-state index is -0.884. The third-order valence-corrected chi connectivity index (χ3v) is 5.64. The fraction of sp³-hybridized carbons (Fsp3) is 0.600. The van der Waals surface area contributed by atoms with Crippen LogP contribution < -0.4 is 10.6 Å². The van der Waals surface area contributed by atoms with Crippen LogP contribution in [-0.2, 0) is 4.79 Å². The van der Waals surface area contributed by atoms with E-state index in [4.69, 9.17) is 0 Å². The molecule has 1 aromatic rings. The Balaban J connectivity index is 0.00000280. The lowest BCUT2D eigenvalue weighted by atomic mass is 9.84. The van der Waals surface area contributed by atoms with Crippen LogP contribution in [0.5, 0.6) is 0 Å². The molecule has 3 rings (SSSR count). The summed E-state index contributed by atoms with van der Waals surface area (Å²) in [5, 5.41) is 6.02. The number of amides is 2. The van der Waals surface area contributed by atoms with Gasteiger partial charge in [0, 0.05) is 25.2 Å². The van der Waals surface area contributed by atoms with Crippen LogP contribution in [0.25, 0.3) is 0 Å². The smallest absolute Gasteiger partial charge is 0.257 e. The fourth-order valence-electron chi connectivity index (χ4n) is 4.36. The maximum Gasteiger partial charge on any atom is 0.257 e. The molecule has 0 radical (unpaired) electrons. The van der Waals surface area contributed by atoms with Gasteiger partial charge >= 0.3 is 0 Å². The van der Waals surface area contributed by atoms with Crippen molar-refractivity contribution >= 4 is 24.2 Å². The highest BCUT2D eigenvalue weighted by Gasteiger charge is 2.47. The molecule has 156 valence electrons. The van der Waals surface area contributed by atoms with E-state index in [1.165, 1.54) is 6.07 Å². The third kappa shape index (κ3) is 4.81. The van der Waals surface area contributed by atoms with E-state index in [2.05, 4.69) is 10.6 Å². The summed E-state index contributed by atoms with van der Waals surface area (Å²) in [6.07, 6.45) is 4.47. The van der Waals surface area contributed by atoms with Crippen LogP contribution in [0.4, 0.5) is 8.78 Å². The van der Waals surface area contributed by atoms with Gasteiger partial charge in [0.15, 0.2) is 0 Å². The van der Waals surface area contributed by atoms with Crippen LogP contribution in [0, 0.1) is 17.6 Å². The van der Waals surface area contributed by atoms with Gasteiger partial charge < -0.3 is 15.5 Å². The van der Waals surface area contributed by atoms with E-state index in [1.807, 2.05) is 6.92 Å². The second kappa shape index (κ2) is 10.2. The van der Waals surface area contributed by atoms with E-state index in [0.29, 0.717) is 25.6 Å². The quantitative estimate of drug-likeness (QED) is 0.702. The largest absolute Gasteiger partial charge is 0.353 e. The van der Waals surface area contributed by atoms with Crippen molar-refractivity contribution in [2.45, 2.75) is 51.1 Å². The van der Waals surface area contributed by atoms with Crippen molar-refractivity contribution < 1.29 is 18.4 Å². The second-order valence-electron chi connectivity index (χ2n) is 7.34. The Kier molecular flexibility index (Phi) is 8.19. The number of carbonyl (C=O) groups is 2. The number of nitrogens with zero attached hydrogens (tertiary/aromatic N) is 1. The standard InChI is InChI=1S/C20H27F2N3O2.ClH/c1-2-23-9-10-24-19(26)18-11-13-5-3-4-6-17(13)25(18)20(27)15-8-7-14(21)12-16(15)22;/h7-8,12-13,17-18,23H,2-6,9-11H2,1H3,(H,24,26);1H. The number of likely N-dealkylation sites (tertiary alicyclic amines) is 1. The molecule has 1 saturated heterocycles. The molecule has 0 spiro atoms. The van der Waals surface area contributed by atoms with Crippen molar-refractivity contribution in [3.8, 4) is 0 Å². The monoisotopic (exact) mass is 415 g/mol. The Labute approximate surface area is 170 Å². The first-order valence-corrected chi connectivity index (χ1v) is 9.79. The lowest BCUT2D eigenvalue weighted by Crippen LogP contribution is -2.50. The van der Waals surface area contributed by atoms with Gasteiger partial charge in [-0.3, -0.25) is 9.59 Å². The predicted molar refractivity (Wildman–Crippen MR) is 105 cm³/mol. The molecule has 2 aliphatic rings. The van der Waals surface area contributed by atoms with Gasteiger partial charge in [-0.05, 0) is 43.9 Å². The number of likely N-dealkylation sites (N-methyl/N-ethyl adjacent to an activating group) is 1. The van der Waals surface area contributed by atoms with Crippen LogP contribution in [0.3, 0.4) is 0 Å². The van der Waals surface area contributed by atoms with Gasteiger partial charge in [0.2, 0.25) is 5.91 Å². The first-order chi connectivity index (χ1) is 13.0. The van der Waals surface area contributed by atoms with Gasteiger partial charge in [0.1, 0.15) is 17.7 Å². The summed E-state index contributed by atoms with van der Waals surface area (Å²) >= 11 is 0. The number of rotatable bonds is 6. The molecule has 5 nitrogen and oxygen atoms in total. The SMILES string of the molecule is CCNCCNC(=O)C1CC2CCCCC2N1C(=O)c1ccc(F)cc1F.Cl. The Morgan fingerprint density at radius 3 is 2.64 bits per heavy atom. The van der Waals surface area contributed by atoms with Crippen LogP contribution in [0.2, 0.25) is 0 Å². The summed E-state index contributed by atoms with van der Waals surface area (Å²) in [5.74, 6) is -2.06. The van der Waals surface area contributed by atoms with Gasteiger partial charge in [-0.1, -0.05) is 19.8 Å². The second-order valence-corrected chi connectivity index (χ2v) is 7.34. The molecular formula is C20H28ClF2N3O2. The van der Waals surface area contributed by atoms with Gasteiger partial charge in [-0.15, -0.1) is 12.4 Å². The first kappa shape index (κ1) is 22.6. The number of nitrogens with one attached hydrogen (secondary N) is 2. The molecule has 0 bridgehead atoms. The Morgan fingerprint density at radius 2 is 1.93 bits per heavy atom. The van der Waals surface area contributed by atoms with Gasteiger partial charge in [-0.2, -0.15) is 0 Å². The lowest BCUT2D eigenvalue weighted by Gasteiger charge is -2.33. The highest BCUT2D eigenvalue weighted by Crippen LogP contribution is 2.40. The molecule has 1 aliphatic carbocycles. The van der Waals surface area contributed by atoms with Crippen molar-refractivity contribution in [1.82, 2.24) is 15.5 Å². The van der Waals surface area contributed by atoms with E-state index in [1.54, 1.807) is 4.90 Å². The molecule has 1 aromatic carbocycles. The number of hydrogen-bond acceptors (Lipinski definition) is 3. The molecule has 1 heterocycles. The molecular weight excluding hydrogens is 388 g/mol. The van der Waals surface area contributed by atoms with Crippen molar-refractivity contribution in [2.75, 3.05) is 19.6 Å². The number of hydrogen-bond donors (Lipinski definition) is 2. The number of benzene rings is 1. The van der Waals surface area contributed by atoms with Gasteiger partial charge in [-0.25, -0.2) is 8.78 Å². The topological polar surface area (TPSA) is 61.4 Å². The summed E-state index contributed by atoms with van der Waals surface area (Å²) in [5.41, 5.74) is -0.173. The fourth-order valence-corrected chi connectivity index (χ4v) is 4.36. The first-order valence-electron chi connectivity index (χ1n) is 9.79. The van der Waals surface area contributed by atoms with E-state index in [-0.39, 0.29) is 35.8 Å². The maximum atomic E-state index is 14.2. The number of fused-ring (bicyclic) bond motifs is 1. The van der Waals surface area contributed by atoms with Crippen molar-refractivity contribution in [2.24, 2.45) is 5.92 Å². The van der Waals surface area contributed by atoms with Crippen LogP contribution >= 0.6 is 12.4 Å². The summed E-state index contributed by atoms with van der Waals surface area (Å²) in [7, 11) is 0. The van der Waals surface area contributed by atoms with Crippen LogP contribution in [-0.4, -0.2) is 48.4 Å². The Bertz CT molecular complexity index is 704. The van der Waals surface area contributed by atoms with Crippen LogP contribution in [0.1, 0.15) is 49.4 Å². The zero-order valence-corrected chi connectivity index (χ0v) is 16.9. The molecule has 28 heavy (non-hydrogen) atoms. The Hall–Kier alpha value is -1.73. The number of halogens is 3. The zero-order chi connectivity index (χ0) is 19.4. The molecule has 2 amide bonds. The molecule has 1 saturated carbocycles. The highest BCUT2D eigenvalue weighted by atomic mass is 35.5. The van der Waals surface area contributed by atoms with E-state index < -0.39 is 23.6 Å². The van der Waals surface area contributed by atoms with E-state index in [0.717, 1.165) is 38.3 Å².